The van der Waals surface area contributed by atoms with Crippen molar-refractivity contribution >= 4 is 16.6 Å². The van der Waals surface area contributed by atoms with Crippen molar-refractivity contribution in [3.8, 4) is 0 Å². The number of hydrogen-bond acceptors (Lipinski definition) is 2. The normalized spacial score (nSPS) is 11.4. The van der Waals surface area contributed by atoms with E-state index in [2.05, 4.69) is 9.97 Å². The van der Waals surface area contributed by atoms with Crippen LogP contribution in [-0.2, 0) is 0 Å². The Morgan fingerprint density at radius 3 is 3.06 bits per heavy atom. The van der Waals surface area contributed by atoms with Gasteiger partial charge in [-0.2, -0.15) is 0 Å². The van der Waals surface area contributed by atoms with E-state index in [-0.39, 0.29) is 11.2 Å². The lowest BCUT2D eigenvalue weighted by Gasteiger charge is -2.01. The number of aromatic nitrogens is 3. The maximum absolute atomic E-state index is 13.5. The van der Waals surface area contributed by atoms with Crippen LogP contribution < -0.4 is 5.69 Å². The molecule has 0 saturated carbocycles. The Hall–Kier alpha value is -2.17. The van der Waals surface area contributed by atoms with Gasteiger partial charge in [0.15, 0.2) is 5.65 Å². The van der Waals surface area contributed by atoms with Gasteiger partial charge in [-0.3, -0.25) is 0 Å². The first-order chi connectivity index (χ1) is 7.68. The van der Waals surface area contributed by atoms with Crippen molar-refractivity contribution in [1.29, 1.82) is 0 Å². The number of imidazole rings is 1. The van der Waals surface area contributed by atoms with Crippen molar-refractivity contribution in [3.63, 3.8) is 0 Å². The summed E-state index contributed by atoms with van der Waals surface area (Å²) in [5, 5.41) is 0.604. The molecule has 3 aromatic rings. The smallest absolute Gasteiger partial charge is 0.304 e. The van der Waals surface area contributed by atoms with Crippen LogP contribution in [0.3, 0.4) is 0 Å². The minimum Gasteiger partial charge on any atom is -0.304 e. The van der Waals surface area contributed by atoms with Gasteiger partial charge in [0, 0.05) is 17.3 Å². The van der Waals surface area contributed by atoms with Gasteiger partial charge in [-0.1, -0.05) is 6.07 Å². The Morgan fingerprint density at radius 1 is 1.44 bits per heavy atom. The highest BCUT2D eigenvalue weighted by Crippen LogP contribution is 2.18. The number of hydrogen-bond donors (Lipinski definition) is 1. The number of fused-ring (bicyclic) bond motifs is 3. The quantitative estimate of drug-likeness (QED) is 0.622. The fraction of sp³-hybridized carbons (Fsp3) is 0.0909. The van der Waals surface area contributed by atoms with E-state index in [1.807, 2.05) is 0 Å². The van der Waals surface area contributed by atoms with Crippen LogP contribution in [0.5, 0.6) is 0 Å². The molecule has 1 N–H and O–H groups in total. The van der Waals surface area contributed by atoms with Crippen molar-refractivity contribution in [2.45, 2.75) is 6.92 Å². The molecule has 0 bridgehead atoms. The molecule has 2 heterocycles. The van der Waals surface area contributed by atoms with E-state index in [9.17, 15) is 9.18 Å². The SMILES string of the molecule is Cc1cnc2c3cccc(F)c3[nH]c(=O)n12. The summed E-state index contributed by atoms with van der Waals surface area (Å²) in [5.41, 5.74) is 1.03. The molecule has 3 rings (SSSR count). The summed E-state index contributed by atoms with van der Waals surface area (Å²) in [6.45, 7) is 1.78. The van der Waals surface area contributed by atoms with Crippen LogP contribution in [0.15, 0.2) is 29.2 Å². The number of aromatic amines is 1. The maximum atomic E-state index is 13.5. The molecule has 0 atom stereocenters. The van der Waals surface area contributed by atoms with Crippen molar-refractivity contribution in [1.82, 2.24) is 14.4 Å². The molecule has 80 valence electrons. The zero-order valence-corrected chi connectivity index (χ0v) is 8.49. The Bertz CT molecular complexity index is 757. The van der Waals surface area contributed by atoms with Gasteiger partial charge in [-0.25, -0.2) is 18.6 Å². The monoisotopic (exact) mass is 217 g/mol. The summed E-state index contributed by atoms with van der Waals surface area (Å²) in [6, 6.07) is 4.64. The molecule has 0 unspecified atom stereocenters. The fourth-order valence-corrected chi connectivity index (χ4v) is 1.88. The summed E-state index contributed by atoms with van der Waals surface area (Å²) in [4.78, 5) is 18.4. The van der Waals surface area contributed by atoms with Crippen LogP contribution in [0.2, 0.25) is 0 Å². The first-order valence-corrected chi connectivity index (χ1v) is 4.83. The predicted molar refractivity (Wildman–Crippen MR) is 58.0 cm³/mol. The summed E-state index contributed by atoms with van der Waals surface area (Å²) < 4.78 is 14.9. The zero-order valence-electron chi connectivity index (χ0n) is 8.49. The lowest BCUT2D eigenvalue weighted by molar-refractivity contribution is 0.636. The van der Waals surface area contributed by atoms with E-state index in [1.54, 1.807) is 25.3 Å². The maximum Gasteiger partial charge on any atom is 0.332 e. The topological polar surface area (TPSA) is 50.2 Å². The van der Waals surface area contributed by atoms with E-state index >= 15 is 0 Å². The molecule has 5 heteroatoms. The summed E-state index contributed by atoms with van der Waals surface area (Å²) in [6.07, 6.45) is 1.59. The van der Waals surface area contributed by atoms with E-state index in [0.717, 1.165) is 5.69 Å². The second-order valence-corrected chi connectivity index (χ2v) is 3.65. The molecule has 0 aliphatic rings. The molecule has 0 spiro atoms. The number of aryl methyl sites for hydroxylation is 1. The minimum absolute atomic E-state index is 0.200. The van der Waals surface area contributed by atoms with Gasteiger partial charge in [0.25, 0.3) is 0 Å². The standard InChI is InChI=1S/C11H8FN3O/c1-6-5-13-10-7-3-2-4-8(12)9(7)14-11(16)15(6)10/h2-5H,1H3,(H,14,16). The van der Waals surface area contributed by atoms with E-state index < -0.39 is 5.82 Å². The number of H-pyrrole nitrogens is 1. The molecule has 16 heavy (non-hydrogen) atoms. The highest BCUT2D eigenvalue weighted by Gasteiger charge is 2.10. The third-order valence-electron chi connectivity index (χ3n) is 2.63. The van der Waals surface area contributed by atoms with Gasteiger partial charge >= 0.3 is 5.69 Å². The van der Waals surface area contributed by atoms with Crippen LogP contribution >= 0.6 is 0 Å². The van der Waals surface area contributed by atoms with Crippen molar-refractivity contribution < 1.29 is 4.39 Å². The van der Waals surface area contributed by atoms with Crippen LogP contribution in [-0.4, -0.2) is 14.4 Å². The largest absolute Gasteiger partial charge is 0.332 e. The third-order valence-corrected chi connectivity index (χ3v) is 2.63. The van der Waals surface area contributed by atoms with Crippen LogP contribution in [0.1, 0.15) is 5.69 Å². The van der Waals surface area contributed by atoms with E-state index in [4.69, 9.17) is 0 Å². The Balaban J connectivity index is 2.71. The van der Waals surface area contributed by atoms with E-state index in [0.29, 0.717) is 11.0 Å². The van der Waals surface area contributed by atoms with Crippen molar-refractivity contribution in [3.05, 3.63) is 46.4 Å². The van der Waals surface area contributed by atoms with Gasteiger partial charge in [-0.05, 0) is 19.1 Å². The number of nitrogens with zero attached hydrogens (tertiary/aromatic N) is 2. The molecular weight excluding hydrogens is 209 g/mol. The Labute approximate surface area is 89.4 Å². The zero-order chi connectivity index (χ0) is 11.3. The van der Waals surface area contributed by atoms with Gasteiger partial charge in [-0.15, -0.1) is 0 Å². The molecule has 0 radical (unpaired) electrons. The van der Waals surface area contributed by atoms with Gasteiger partial charge in [0.05, 0.1) is 5.52 Å². The molecule has 0 aliphatic heterocycles. The van der Waals surface area contributed by atoms with E-state index in [1.165, 1.54) is 10.5 Å². The molecular formula is C11H8FN3O. The van der Waals surface area contributed by atoms with Crippen LogP contribution in [0.4, 0.5) is 4.39 Å². The molecule has 0 saturated heterocycles. The van der Waals surface area contributed by atoms with Gasteiger partial charge in [0.1, 0.15) is 5.82 Å². The summed E-state index contributed by atoms with van der Waals surface area (Å²) in [5.74, 6) is -0.447. The third kappa shape index (κ3) is 1.02. The molecule has 1 aromatic carbocycles. The Kier molecular flexibility index (Phi) is 1.65. The van der Waals surface area contributed by atoms with Gasteiger partial charge in [0.2, 0.25) is 0 Å². The first-order valence-electron chi connectivity index (χ1n) is 4.83. The number of para-hydroxylation sites is 1. The van der Waals surface area contributed by atoms with Crippen LogP contribution in [0.25, 0.3) is 16.6 Å². The highest BCUT2D eigenvalue weighted by atomic mass is 19.1. The van der Waals surface area contributed by atoms with Crippen molar-refractivity contribution in [2.75, 3.05) is 0 Å². The summed E-state index contributed by atoms with van der Waals surface area (Å²) >= 11 is 0. The number of nitrogens with one attached hydrogen (secondary N) is 1. The van der Waals surface area contributed by atoms with Crippen LogP contribution in [0, 0.1) is 12.7 Å². The average Bonchev–Trinajstić information content (AvgIpc) is 2.64. The number of halogens is 1. The number of rotatable bonds is 0. The summed E-state index contributed by atoms with van der Waals surface area (Å²) in [7, 11) is 0. The number of benzene rings is 1. The fourth-order valence-electron chi connectivity index (χ4n) is 1.88. The predicted octanol–water partition coefficient (Wildman–Crippen LogP) is 1.62. The van der Waals surface area contributed by atoms with Crippen molar-refractivity contribution in [2.24, 2.45) is 0 Å². The highest BCUT2D eigenvalue weighted by molar-refractivity contribution is 5.91. The lowest BCUT2D eigenvalue weighted by Crippen LogP contribution is -2.17. The molecule has 2 aromatic heterocycles. The Morgan fingerprint density at radius 2 is 2.25 bits per heavy atom. The first kappa shape index (κ1) is 9.08. The molecule has 0 amide bonds. The molecule has 0 aliphatic carbocycles. The average molecular weight is 217 g/mol. The lowest BCUT2D eigenvalue weighted by atomic mass is 10.2. The second kappa shape index (κ2) is 2.91. The molecule has 0 fully saturated rings. The second-order valence-electron chi connectivity index (χ2n) is 3.65. The van der Waals surface area contributed by atoms with Gasteiger partial charge < -0.3 is 4.98 Å². The molecule has 4 nitrogen and oxygen atoms in total. The minimum atomic E-state index is -0.447.